The molecule has 0 saturated heterocycles. The lowest BCUT2D eigenvalue weighted by molar-refractivity contribution is -0.118. The Morgan fingerprint density at radius 2 is 1.76 bits per heavy atom. The van der Waals surface area contributed by atoms with Crippen LogP contribution in [-0.2, 0) is 27.7 Å². The molecule has 2 N–H and O–H groups in total. The Morgan fingerprint density at radius 3 is 2.45 bits per heavy atom. The molecule has 3 aromatic rings. The van der Waals surface area contributed by atoms with E-state index in [1.165, 1.54) is 12.1 Å². The summed E-state index contributed by atoms with van der Waals surface area (Å²) >= 11 is 6.09. The summed E-state index contributed by atoms with van der Waals surface area (Å²) in [5, 5.41) is 2.71. The molecule has 0 bridgehead atoms. The molecule has 1 fully saturated rings. The second-order valence-corrected chi connectivity index (χ2v) is 11.5. The van der Waals surface area contributed by atoms with Gasteiger partial charge in [0.25, 0.3) is 15.9 Å². The fraction of sp³-hybridized carbons (Fsp3) is 0.321. The molecule has 1 aromatic heterocycles. The summed E-state index contributed by atoms with van der Waals surface area (Å²) < 4.78 is 43.0. The number of nitrogens with zero attached hydrogens (tertiary/aromatic N) is 1. The average Bonchev–Trinajstić information content (AvgIpc) is 2.89. The number of rotatable bonds is 10. The minimum absolute atomic E-state index is 0.0173. The fourth-order valence-electron chi connectivity index (χ4n) is 4.47. The van der Waals surface area contributed by atoms with Crippen LogP contribution in [0.3, 0.4) is 0 Å². The molecule has 10 heteroatoms. The van der Waals surface area contributed by atoms with Gasteiger partial charge in [-0.25, -0.2) is 12.8 Å². The average molecular weight is 558 g/mol. The molecule has 1 aliphatic carbocycles. The van der Waals surface area contributed by atoms with Crippen molar-refractivity contribution in [2.24, 2.45) is 0 Å². The molecule has 1 aliphatic rings. The number of carbonyl (C=O) groups excluding carboxylic acids is 2. The molecule has 38 heavy (non-hydrogen) atoms. The van der Waals surface area contributed by atoms with Crippen LogP contribution >= 0.6 is 11.6 Å². The largest absolute Gasteiger partial charge is 0.349 e. The van der Waals surface area contributed by atoms with Crippen molar-refractivity contribution in [2.75, 3.05) is 4.72 Å². The predicted molar refractivity (Wildman–Crippen MR) is 144 cm³/mol. The van der Waals surface area contributed by atoms with Gasteiger partial charge in [0, 0.05) is 37.0 Å². The maximum absolute atomic E-state index is 14.7. The zero-order valence-corrected chi connectivity index (χ0v) is 22.3. The fourth-order valence-corrected chi connectivity index (χ4v) is 5.85. The van der Waals surface area contributed by atoms with Crippen LogP contribution in [-0.4, -0.2) is 31.1 Å². The number of hydrogen-bond donors (Lipinski definition) is 2. The van der Waals surface area contributed by atoms with E-state index in [9.17, 15) is 22.4 Å². The number of benzene rings is 2. The summed E-state index contributed by atoms with van der Waals surface area (Å²) in [6.45, 7) is 0. The number of ketones is 1. The normalized spacial score (nSPS) is 14.2. The topological polar surface area (TPSA) is 105 Å². The molecular formula is C28H29ClFN3O4S. The first kappa shape index (κ1) is 27.7. The highest BCUT2D eigenvalue weighted by atomic mass is 35.5. The third-order valence-electron chi connectivity index (χ3n) is 6.52. The lowest BCUT2D eigenvalue weighted by Crippen LogP contribution is -2.36. The van der Waals surface area contributed by atoms with Crippen LogP contribution in [0.15, 0.2) is 65.8 Å². The summed E-state index contributed by atoms with van der Waals surface area (Å²) in [7, 11) is -4.36. The van der Waals surface area contributed by atoms with Crippen molar-refractivity contribution in [3.05, 3.63) is 88.5 Å². The first-order valence-corrected chi connectivity index (χ1v) is 14.4. The Hall–Kier alpha value is -3.30. The van der Waals surface area contributed by atoms with E-state index in [4.69, 9.17) is 11.6 Å². The van der Waals surface area contributed by atoms with Gasteiger partial charge in [0.15, 0.2) is 0 Å². The van der Waals surface area contributed by atoms with Crippen LogP contribution in [0.1, 0.15) is 60.0 Å². The van der Waals surface area contributed by atoms with Crippen LogP contribution in [0.5, 0.6) is 0 Å². The van der Waals surface area contributed by atoms with Gasteiger partial charge in [-0.15, -0.1) is 0 Å². The van der Waals surface area contributed by atoms with Crippen molar-refractivity contribution in [3.8, 4) is 0 Å². The summed E-state index contributed by atoms with van der Waals surface area (Å²) in [5.41, 5.74) is 1.80. The van der Waals surface area contributed by atoms with Crippen molar-refractivity contribution >= 4 is 39.0 Å². The molecule has 1 amide bonds. The molecule has 7 nitrogen and oxygen atoms in total. The number of sulfonamides is 1. The van der Waals surface area contributed by atoms with E-state index < -0.39 is 26.6 Å². The number of hydrogen-bond acceptors (Lipinski definition) is 5. The second kappa shape index (κ2) is 12.5. The summed E-state index contributed by atoms with van der Waals surface area (Å²) in [5.74, 6) is -1.55. The van der Waals surface area contributed by atoms with Crippen LogP contribution in [0, 0.1) is 5.82 Å². The zero-order valence-electron chi connectivity index (χ0n) is 20.8. The number of pyridine rings is 1. The van der Waals surface area contributed by atoms with Crippen molar-refractivity contribution < 1.29 is 22.4 Å². The van der Waals surface area contributed by atoms with E-state index in [-0.39, 0.29) is 34.5 Å². The lowest BCUT2D eigenvalue weighted by atomic mass is 9.95. The maximum atomic E-state index is 14.7. The van der Waals surface area contributed by atoms with Crippen molar-refractivity contribution in [2.45, 2.75) is 62.3 Å². The SMILES string of the molecule is O=C(CCc1cccnc1)Cc1ccc(NS(=O)(=O)c2cc(C(=O)NC3CCCCC3)c(Cl)cc2F)cc1. The number of halogens is 2. The van der Waals surface area contributed by atoms with Crippen molar-refractivity contribution in [1.82, 2.24) is 10.3 Å². The van der Waals surface area contributed by atoms with Gasteiger partial charge in [-0.1, -0.05) is 49.1 Å². The van der Waals surface area contributed by atoms with E-state index in [2.05, 4.69) is 15.0 Å². The standard InChI is InChI=1S/C28H29ClFN3O4S/c29-25-17-26(30)27(16-24(25)28(35)32-21-6-2-1-3-7-21)38(36,37)33-22-11-8-19(9-12-22)15-23(34)13-10-20-5-4-14-31-18-20/h4-5,8-9,11-12,14,16-18,21,33H,1-3,6-7,10,13,15H2,(H,32,35). The molecule has 1 saturated carbocycles. The van der Waals surface area contributed by atoms with E-state index >= 15 is 0 Å². The first-order chi connectivity index (χ1) is 18.2. The molecular weight excluding hydrogens is 529 g/mol. The van der Waals surface area contributed by atoms with Gasteiger partial charge in [-0.05, 0) is 60.7 Å². The highest BCUT2D eigenvalue weighted by Crippen LogP contribution is 2.27. The minimum Gasteiger partial charge on any atom is -0.349 e. The number of amides is 1. The lowest BCUT2D eigenvalue weighted by Gasteiger charge is -2.23. The Kier molecular flexibility index (Phi) is 9.12. The zero-order chi connectivity index (χ0) is 27.1. The molecule has 4 rings (SSSR count). The molecule has 0 aliphatic heterocycles. The number of carbonyl (C=O) groups is 2. The molecule has 0 radical (unpaired) electrons. The Labute approximate surface area is 226 Å². The van der Waals surface area contributed by atoms with E-state index in [0.717, 1.165) is 55.4 Å². The summed E-state index contributed by atoms with van der Waals surface area (Å²) in [6, 6.07) is 11.8. The number of aryl methyl sites for hydroxylation is 1. The third-order valence-corrected chi connectivity index (χ3v) is 8.23. The van der Waals surface area contributed by atoms with Gasteiger partial charge in [0.05, 0.1) is 10.6 Å². The van der Waals surface area contributed by atoms with Crippen LogP contribution < -0.4 is 10.0 Å². The Balaban J connectivity index is 1.41. The first-order valence-electron chi connectivity index (χ1n) is 12.5. The van der Waals surface area contributed by atoms with Crippen LogP contribution in [0.25, 0.3) is 0 Å². The van der Waals surface area contributed by atoms with E-state index in [1.54, 1.807) is 24.5 Å². The number of nitrogens with one attached hydrogen (secondary N) is 2. The smallest absolute Gasteiger partial charge is 0.264 e. The maximum Gasteiger partial charge on any atom is 0.264 e. The Bertz CT molecular complexity index is 1390. The highest BCUT2D eigenvalue weighted by Gasteiger charge is 2.25. The van der Waals surface area contributed by atoms with Gasteiger partial charge < -0.3 is 5.32 Å². The van der Waals surface area contributed by atoms with Crippen LogP contribution in [0.2, 0.25) is 5.02 Å². The number of aromatic nitrogens is 1. The summed E-state index contributed by atoms with van der Waals surface area (Å²) in [6.07, 6.45) is 9.37. The second-order valence-electron chi connectivity index (χ2n) is 9.45. The molecule has 2 aromatic carbocycles. The quantitative estimate of drug-likeness (QED) is 0.343. The van der Waals surface area contributed by atoms with Crippen LogP contribution in [0.4, 0.5) is 10.1 Å². The van der Waals surface area contributed by atoms with Gasteiger partial charge in [0.1, 0.15) is 16.5 Å². The minimum atomic E-state index is -4.36. The molecule has 200 valence electrons. The van der Waals surface area contributed by atoms with Gasteiger partial charge in [0.2, 0.25) is 0 Å². The Morgan fingerprint density at radius 1 is 1.03 bits per heavy atom. The van der Waals surface area contributed by atoms with E-state index in [0.29, 0.717) is 12.8 Å². The number of anilines is 1. The third kappa shape index (κ3) is 7.39. The van der Waals surface area contributed by atoms with Gasteiger partial charge >= 0.3 is 0 Å². The highest BCUT2D eigenvalue weighted by molar-refractivity contribution is 7.92. The van der Waals surface area contributed by atoms with Gasteiger partial charge in [-0.2, -0.15) is 0 Å². The monoisotopic (exact) mass is 557 g/mol. The molecule has 0 unspecified atom stereocenters. The molecule has 0 atom stereocenters. The number of Topliss-reactive ketones (excluding diaryl/α,β-unsaturated/α-hetero) is 1. The van der Waals surface area contributed by atoms with E-state index in [1.807, 2.05) is 12.1 Å². The summed E-state index contributed by atoms with van der Waals surface area (Å²) in [4.78, 5) is 28.5. The molecule has 1 heterocycles. The molecule has 0 spiro atoms. The van der Waals surface area contributed by atoms with Crippen molar-refractivity contribution in [3.63, 3.8) is 0 Å². The van der Waals surface area contributed by atoms with Gasteiger partial charge in [-0.3, -0.25) is 19.3 Å². The van der Waals surface area contributed by atoms with Crippen molar-refractivity contribution in [1.29, 1.82) is 0 Å². The predicted octanol–water partition coefficient (Wildman–Crippen LogP) is 5.48.